The Labute approximate surface area is 129 Å². The molecule has 0 saturated carbocycles. The van der Waals surface area contributed by atoms with Gasteiger partial charge in [-0.2, -0.15) is 0 Å². The van der Waals surface area contributed by atoms with E-state index in [0.717, 1.165) is 0 Å². The molecule has 122 valence electrons. The van der Waals surface area contributed by atoms with Crippen LogP contribution in [0.1, 0.15) is 37.5 Å². The Morgan fingerprint density at radius 2 is 1.73 bits per heavy atom. The summed E-state index contributed by atoms with van der Waals surface area (Å²) in [4.78, 5) is 22.3. The molecule has 0 amide bonds. The Morgan fingerprint density at radius 3 is 2.14 bits per heavy atom. The molecule has 0 spiro atoms. The Kier molecular flexibility index (Phi) is 5.54. The van der Waals surface area contributed by atoms with Crippen LogP contribution < -0.4 is 9.84 Å². The maximum absolute atomic E-state index is 11.7. The Balaban J connectivity index is 2.91. The van der Waals surface area contributed by atoms with Gasteiger partial charge in [0, 0.05) is 6.42 Å². The number of hydrogen-bond acceptors (Lipinski definition) is 6. The lowest BCUT2D eigenvalue weighted by Gasteiger charge is -2.20. The van der Waals surface area contributed by atoms with Crippen molar-refractivity contribution in [1.29, 1.82) is 0 Å². The van der Waals surface area contributed by atoms with E-state index in [1.165, 1.54) is 0 Å². The molecule has 0 heterocycles. The molecule has 1 rings (SSSR count). The first-order valence-electron chi connectivity index (χ1n) is 6.89. The second-order valence-electron chi connectivity index (χ2n) is 6.16. The summed E-state index contributed by atoms with van der Waals surface area (Å²) < 4.78 is 10.3. The largest absolute Gasteiger partial charge is 0.547 e. The number of carboxylic acids is 1. The van der Waals surface area contributed by atoms with E-state index in [1.54, 1.807) is 46.8 Å². The van der Waals surface area contributed by atoms with Gasteiger partial charge in [0.2, 0.25) is 0 Å². The number of carbonyl (C=O) groups is 2. The third-order valence-electron chi connectivity index (χ3n) is 2.80. The summed E-state index contributed by atoms with van der Waals surface area (Å²) in [6.07, 6.45) is -2.45. The highest BCUT2D eigenvalue weighted by Gasteiger charge is 2.20. The van der Waals surface area contributed by atoms with Gasteiger partial charge in [0.15, 0.2) is 0 Å². The number of ether oxygens (including phenoxy) is 2. The minimum atomic E-state index is -1.57. The smallest absolute Gasteiger partial charge is 0.514 e. The number of rotatable bonds is 4. The lowest BCUT2D eigenvalue weighted by Crippen LogP contribution is -2.36. The summed E-state index contributed by atoms with van der Waals surface area (Å²) >= 11 is 0. The molecule has 6 nitrogen and oxygen atoms in total. The zero-order valence-corrected chi connectivity index (χ0v) is 13.4. The second kappa shape index (κ2) is 6.79. The van der Waals surface area contributed by atoms with Crippen molar-refractivity contribution in [1.82, 2.24) is 0 Å². The van der Waals surface area contributed by atoms with Crippen LogP contribution in [0.15, 0.2) is 12.1 Å². The molecular formula is C16H21O6-. The molecule has 0 radical (unpaired) electrons. The highest BCUT2D eigenvalue weighted by atomic mass is 16.7. The van der Waals surface area contributed by atoms with Gasteiger partial charge in [-0.3, -0.25) is 0 Å². The zero-order chi connectivity index (χ0) is 17.1. The van der Waals surface area contributed by atoms with Gasteiger partial charge in [-0.25, -0.2) is 4.79 Å². The molecule has 0 aliphatic carbocycles. The monoisotopic (exact) mass is 309 g/mol. The number of aryl methyl sites for hydroxylation is 2. The standard InChI is InChI=1S/C16H22O6/c1-9-6-11(8-12(17)14(18)19)7-10(2)13(9)21-15(20)22-16(3,4)5/h6-7,12,17H,8H2,1-5H3,(H,18,19)/p-1/t12-/m1/s1. The number of benzene rings is 1. The Morgan fingerprint density at radius 1 is 1.23 bits per heavy atom. The minimum absolute atomic E-state index is 0.0727. The number of aliphatic hydroxyl groups excluding tert-OH is 1. The summed E-state index contributed by atoms with van der Waals surface area (Å²) in [6.45, 7) is 8.65. The van der Waals surface area contributed by atoms with Gasteiger partial charge in [-0.1, -0.05) is 12.1 Å². The highest BCUT2D eigenvalue weighted by molar-refractivity contribution is 5.70. The van der Waals surface area contributed by atoms with Gasteiger partial charge in [0.25, 0.3) is 0 Å². The molecule has 0 aliphatic rings. The summed E-state index contributed by atoms with van der Waals surface area (Å²) in [5.41, 5.74) is 1.25. The van der Waals surface area contributed by atoms with Gasteiger partial charge in [-0.15, -0.1) is 0 Å². The molecule has 1 atom stereocenters. The first-order chi connectivity index (χ1) is 9.99. The molecule has 0 bridgehead atoms. The van der Waals surface area contributed by atoms with Crippen LogP contribution >= 0.6 is 0 Å². The van der Waals surface area contributed by atoms with E-state index >= 15 is 0 Å². The average Bonchev–Trinajstić information content (AvgIpc) is 2.31. The highest BCUT2D eigenvalue weighted by Crippen LogP contribution is 2.26. The van der Waals surface area contributed by atoms with Crippen LogP contribution in [0.3, 0.4) is 0 Å². The van der Waals surface area contributed by atoms with E-state index in [0.29, 0.717) is 22.4 Å². The van der Waals surface area contributed by atoms with E-state index in [-0.39, 0.29) is 6.42 Å². The molecule has 22 heavy (non-hydrogen) atoms. The maximum Gasteiger partial charge on any atom is 0.514 e. The average molecular weight is 309 g/mol. The first kappa shape index (κ1) is 18.0. The van der Waals surface area contributed by atoms with Crippen molar-refractivity contribution in [2.45, 2.75) is 52.7 Å². The maximum atomic E-state index is 11.7. The van der Waals surface area contributed by atoms with Gasteiger partial charge < -0.3 is 24.5 Å². The molecule has 0 aliphatic heterocycles. The number of carboxylic acid groups (broad SMARTS) is 1. The SMILES string of the molecule is Cc1cc(C[C@@H](O)C(=O)[O-])cc(C)c1OC(=O)OC(C)(C)C. The molecule has 1 aromatic carbocycles. The third-order valence-corrected chi connectivity index (χ3v) is 2.80. The predicted octanol–water partition coefficient (Wildman–Crippen LogP) is 1.27. The van der Waals surface area contributed by atoms with Gasteiger partial charge >= 0.3 is 6.16 Å². The predicted molar refractivity (Wildman–Crippen MR) is 77.5 cm³/mol. The minimum Gasteiger partial charge on any atom is -0.547 e. The number of aliphatic hydroxyl groups is 1. The van der Waals surface area contributed by atoms with Crippen LogP contribution in [0.5, 0.6) is 5.75 Å². The first-order valence-corrected chi connectivity index (χ1v) is 6.89. The van der Waals surface area contributed by atoms with Crippen LogP contribution in [0.4, 0.5) is 4.79 Å². The van der Waals surface area contributed by atoms with E-state index in [1.807, 2.05) is 0 Å². The fourth-order valence-electron chi connectivity index (χ4n) is 1.98. The molecule has 1 N–H and O–H groups in total. The second-order valence-corrected chi connectivity index (χ2v) is 6.16. The molecule has 0 aromatic heterocycles. The van der Waals surface area contributed by atoms with Gasteiger partial charge in [0.05, 0.1) is 12.1 Å². The summed E-state index contributed by atoms with van der Waals surface area (Å²) in [7, 11) is 0. The van der Waals surface area contributed by atoms with E-state index in [2.05, 4.69) is 0 Å². The Bertz CT molecular complexity index is 547. The normalized spacial score (nSPS) is 12.6. The summed E-state index contributed by atoms with van der Waals surface area (Å²) in [5.74, 6) is -1.16. The van der Waals surface area contributed by atoms with Crippen LogP contribution in [0.25, 0.3) is 0 Å². The van der Waals surface area contributed by atoms with Crippen LogP contribution in [-0.2, 0) is 16.0 Å². The topological polar surface area (TPSA) is 95.9 Å². The quantitative estimate of drug-likeness (QED) is 0.664. The molecule has 0 unspecified atom stereocenters. The van der Waals surface area contributed by atoms with Crippen molar-refractivity contribution in [3.8, 4) is 5.75 Å². The van der Waals surface area contributed by atoms with E-state index in [9.17, 15) is 19.8 Å². The number of aliphatic carboxylic acids is 1. The van der Waals surface area contributed by atoms with Crippen molar-refractivity contribution in [3.63, 3.8) is 0 Å². The fourth-order valence-corrected chi connectivity index (χ4v) is 1.98. The van der Waals surface area contributed by atoms with Crippen molar-refractivity contribution in [2.75, 3.05) is 0 Å². The zero-order valence-electron chi connectivity index (χ0n) is 13.4. The van der Waals surface area contributed by atoms with Crippen molar-refractivity contribution >= 4 is 12.1 Å². The Hall–Kier alpha value is -2.08. The number of carbonyl (C=O) groups excluding carboxylic acids is 2. The number of hydrogen-bond donors (Lipinski definition) is 1. The lowest BCUT2D eigenvalue weighted by atomic mass is 10.0. The van der Waals surface area contributed by atoms with E-state index < -0.39 is 23.8 Å². The molecule has 0 fully saturated rings. The molecule has 1 aromatic rings. The van der Waals surface area contributed by atoms with Gasteiger partial charge in [-0.05, 0) is 51.3 Å². The van der Waals surface area contributed by atoms with Gasteiger partial charge in [0.1, 0.15) is 11.4 Å². The van der Waals surface area contributed by atoms with Crippen molar-refractivity contribution in [3.05, 3.63) is 28.8 Å². The molecule has 6 heteroatoms. The van der Waals surface area contributed by atoms with Crippen molar-refractivity contribution in [2.24, 2.45) is 0 Å². The summed E-state index contributed by atoms with van der Waals surface area (Å²) in [5, 5.41) is 19.9. The molecule has 0 saturated heterocycles. The van der Waals surface area contributed by atoms with Crippen molar-refractivity contribution < 1.29 is 29.3 Å². The van der Waals surface area contributed by atoms with Crippen LogP contribution in [-0.4, -0.2) is 28.9 Å². The summed E-state index contributed by atoms with van der Waals surface area (Å²) in [6, 6.07) is 3.30. The lowest BCUT2D eigenvalue weighted by molar-refractivity contribution is -0.314. The third kappa shape index (κ3) is 5.37. The van der Waals surface area contributed by atoms with Crippen LogP contribution in [0, 0.1) is 13.8 Å². The van der Waals surface area contributed by atoms with E-state index in [4.69, 9.17) is 9.47 Å². The van der Waals surface area contributed by atoms with Crippen LogP contribution in [0.2, 0.25) is 0 Å². The fraction of sp³-hybridized carbons (Fsp3) is 0.500. The molecular weight excluding hydrogens is 288 g/mol.